The summed E-state index contributed by atoms with van der Waals surface area (Å²) < 4.78 is 12.7. The number of thiazole rings is 1. The van der Waals surface area contributed by atoms with Crippen LogP contribution in [0, 0.1) is 6.92 Å². The molecule has 0 aliphatic heterocycles. The van der Waals surface area contributed by atoms with Crippen molar-refractivity contribution >= 4 is 17.2 Å². The molecule has 0 radical (unpaired) electrons. The van der Waals surface area contributed by atoms with Gasteiger partial charge in [-0.1, -0.05) is 18.2 Å². The van der Waals surface area contributed by atoms with E-state index in [2.05, 4.69) is 4.98 Å². The lowest BCUT2D eigenvalue weighted by Gasteiger charge is -2.13. The number of carbonyl (C=O) groups is 1. The van der Waals surface area contributed by atoms with E-state index in [1.165, 1.54) is 11.3 Å². The molecule has 0 saturated carbocycles. The van der Waals surface area contributed by atoms with E-state index in [4.69, 9.17) is 20.2 Å². The molecule has 3 aromatic heterocycles. The van der Waals surface area contributed by atoms with E-state index in [-0.39, 0.29) is 0 Å². The zero-order valence-corrected chi connectivity index (χ0v) is 18.3. The number of nitrogens with two attached hydrogens (primary N) is 1. The van der Waals surface area contributed by atoms with Crippen LogP contribution in [0.3, 0.4) is 0 Å². The van der Waals surface area contributed by atoms with Gasteiger partial charge < -0.3 is 19.8 Å². The van der Waals surface area contributed by atoms with Crippen LogP contribution in [0.4, 0.5) is 0 Å². The molecule has 4 aromatic rings. The Bertz CT molecular complexity index is 1230. The van der Waals surface area contributed by atoms with E-state index in [1.807, 2.05) is 47.2 Å². The van der Waals surface area contributed by atoms with Crippen molar-refractivity contribution in [2.45, 2.75) is 13.5 Å². The summed E-state index contributed by atoms with van der Waals surface area (Å²) >= 11 is 1.51. The molecule has 158 valence electrons. The molecule has 8 heteroatoms. The van der Waals surface area contributed by atoms with Crippen molar-refractivity contribution in [1.29, 1.82) is 0 Å². The van der Waals surface area contributed by atoms with Gasteiger partial charge in [-0.2, -0.15) is 0 Å². The Morgan fingerprint density at radius 3 is 2.65 bits per heavy atom. The minimum absolute atomic E-state index is 0.465. The molecule has 2 N–H and O–H groups in total. The molecule has 3 heterocycles. The largest absolute Gasteiger partial charge is 0.496 e. The Kier molecular flexibility index (Phi) is 5.73. The number of methoxy groups -OCH3 is 2. The van der Waals surface area contributed by atoms with Crippen LogP contribution in [-0.4, -0.2) is 34.7 Å². The number of amides is 1. The third kappa shape index (κ3) is 4.02. The number of rotatable bonds is 7. The van der Waals surface area contributed by atoms with Gasteiger partial charge in [0.2, 0.25) is 5.88 Å². The van der Waals surface area contributed by atoms with Crippen molar-refractivity contribution in [3.05, 3.63) is 70.9 Å². The molecular weight excluding hydrogens is 412 g/mol. The van der Waals surface area contributed by atoms with Crippen molar-refractivity contribution in [1.82, 2.24) is 14.5 Å². The quantitative estimate of drug-likeness (QED) is 0.472. The topological polar surface area (TPSA) is 92.3 Å². The minimum atomic E-state index is -0.465. The molecule has 0 aliphatic rings. The van der Waals surface area contributed by atoms with E-state index in [0.717, 1.165) is 39.0 Å². The van der Waals surface area contributed by atoms with Gasteiger partial charge >= 0.3 is 0 Å². The number of primary amides is 1. The van der Waals surface area contributed by atoms with Crippen LogP contribution in [0.5, 0.6) is 11.6 Å². The molecule has 0 saturated heterocycles. The van der Waals surface area contributed by atoms with E-state index >= 15 is 0 Å². The number of benzene rings is 1. The first-order valence-corrected chi connectivity index (χ1v) is 10.5. The summed E-state index contributed by atoms with van der Waals surface area (Å²) in [5.41, 5.74) is 10.4. The number of nitrogens with zero attached hydrogens (tertiary/aromatic N) is 3. The van der Waals surface area contributed by atoms with Crippen LogP contribution in [0.2, 0.25) is 0 Å². The van der Waals surface area contributed by atoms with E-state index < -0.39 is 5.91 Å². The van der Waals surface area contributed by atoms with E-state index in [0.29, 0.717) is 18.0 Å². The Hall–Kier alpha value is -3.65. The second kappa shape index (κ2) is 8.61. The minimum Gasteiger partial charge on any atom is -0.496 e. The summed E-state index contributed by atoms with van der Waals surface area (Å²) in [5, 5.41) is 2.80. The predicted octanol–water partition coefficient (Wildman–Crippen LogP) is 4.15. The first kappa shape index (κ1) is 20.6. The van der Waals surface area contributed by atoms with Gasteiger partial charge in [0.1, 0.15) is 10.8 Å². The van der Waals surface area contributed by atoms with Gasteiger partial charge in [0.25, 0.3) is 5.91 Å². The number of carbonyl (C=O) groups excluding carboxylic acids is 1. The van der Waals surface area contributed by atoms with E-state index in [1.54, 1.807) is 32.5 Å². The normalized spacial score (nSPS) is 10.8. The molecule has 31 heavy (non-hydrogen) atoms. The standard InChI is InChI=1S/C23H22N4O3S/c1-14-17(22(24)28)10-19(27(14)12-16-6-4-5-7-20(16)29-2)18-13-31-23(26-18)15-8-9-21(30-3)25-11-15/h4-11,13H,12H2,1-3H3,(H2,24,28). The maximum atomic E-state index is 12.0. The Balaban J connectivity index is 1.77. The third-order valence-electron chi connectivity index (χ3n) is 5.11. The smallest absolute Gasteiger partial charge is 0.250 e. The lowest BCUT2D eigenvalue weighted by atomic mass is 10.2. The average molecular weight is 435 g/mol. The van der Waals surface area contributed by atoms with Crippen molar-refractivity contribution in [2.24, 2.45) is 5.73 Å². The molecule has 0 aliphatic carbocycles. The highest BCUT2D eigenvalue weighted by atomic mass is 32.1. The molecule has 0 fully saturated rings. The number of ether oxygens (including phenoxy) is 2. The number of para-hydroxylation sites is 1. The highest BCUT2D eigenvalue weighted by Crippen LogP contribution is 2.33. The van der Waals surface area contributed by atoms with Gasteiger partial charge in [0.05, 0.1) is 37.7 Å². The third-order valence-corrected chi connectivity index (χ3v) is 6.00. The lowest BCUT2D eigenvalue weighted by Crippen LogP contribution is -2.13. The highest BCUT2D eigenvalue weighted by Gasteiger charge is 2.20. The average Bonchev–Trinajstić information content (AvgIpc) is 3.40. The summed E-state index contributed by atoms with van der Waals surface area (Å²) in [4.78, 5) is 21.1. The fourth-order valence-electron chi connectivity index (χ4n) is 3.47. The molecule has 0 spiro atoms. The van der Waals surface area contributed by atoms with Crippen molar-refractivity contribution in [2.75, 3.05) is 14.2 Å². The molecular formula is C23H22N4O3S. The molecule has 0 unspecified atom stereocenters. The van der Waals surface area contributed by atoms with Crippen LogP contribution in [-0.2, 0) is 6.54 Å². The van der Waals surface area contributed by atoms with Gasteiger partial charge in [-0.15, -0.1) is 11.3 Å². The fourth-order valence-corrected chi connectivity index (χ4v) is 4.27. The van der Waals surface area contributed by atoms with Crippen LogP contribution in [0.1, 0.15) is 21.6 Å². The van der Waals surface area contributed by atoms with Gasteiger partial charge in [0, 0.05) is 34.5 Å². The number of hydrogen-bond acceptors (Lipinski definition) is 6. The zero-order valence-electron chi connectivity index (χ0n) is 17.5. The number of hydrogen-bond donors (Lipinski definition) is 1. The van der Waals surface area contributed by atoms with Gasteiger partial charge in [-0.05, 0) is 25.1 Å². The van der Waals surface area contributed by atoms with E-state index in [9.17, 15) is 4.79 Å². The molecule has 7 nitrogen and oxygen atoms in total. The summed E-state index contributed by atoms with van der Waals surface area (Å²) in [6, 6.07) is 13.3. The Labute approximate surface area is 184 Å². The van der Waals surface area contributed by atoms with Crippen molar-refractivity contribution in [3.63, 3.8) is 0 Å². The second-order valence-electron chi connectivity index (χ2n) is 6.92. The van der Waals surface area contributed by atoms with Gasteiger partial charge in [-0.25, -0.2) is 9.97 Å². The Morgan fingerprint density at radius 2 is 1.97 bits per heavy atom. The SMILES string of the molecule is COc1ccc(-c2nc(-c3cc(C(N)=O)c(C)n3Cc3ccccc3OC)cs2)cn1. The van der Waals surface area contributed by atoms with Crippen molar-refractivity contribution in [3.8, 4) is 33.6 Å². The molecule has 1 aromatic carbocycles. The second-order valence-corrected chi connectivity index (χ2v) is 7.78. The fraction of sp³-hybridized carbons (Fsp3) is 0.174. The van der Waals surface area contributed by atoms with Crippen LogP contribution < -0.4 is 15.2 Å². The number of aromatic nitrogens is 3. The number of pyridine rings is 1. The van der Waals surface area contributed by atoms with Crippen LogP contribution in [0.15, 0.2) is 54.0 Å². The maximum absolute atomic E-state index is 12.0. The monoisotopic (exact) mass is 434 g/mol. The summed E-state index contributed by atoms with van der Waals surface area (Å²) in [5.74, 6) is 0.866. The summed E-state index contributed by atoms with van der Waals surface area (Å²) in [6.45, 7) is 2.41. The highest BCUT2D eigenvalue weighted by molar-refractivity contribution is 7.13. The maximum Gasteiger partial charge on any atom is 0.250 e. The van der Waals surface area contributed by atoms with Crippen molar-refractivity contribution < 1.29 is 14.3 Å². The van der Waals surface area contributed by atoms with Crippen LogP contribution in [0.25, 0.3) is 22.0 Å². The Morgan fingerprint density at radius 1 is 1.16 bits per heavy atom. The predicted molar refractivity (Wildman–Crippen MR) is 121 cm³/mol. The molecule has 4 rings (SSSR count). The first-order valence-electron chi connectivity index (χ1n) is 9.60. The zero-order chi connectivity index (χ0) is 22.0. The van der Waals surface area contributed by atoms with Crippen LogP contribution >= 0.6 is 11.3 Å². The van der Waals surface area contributed by atoms with Gasteiger partial charge in [-0.3, -0.25) is 4.79 Å². The molecule has 1 amide bonds. The van der Waals surface area contributed by atoms with Gasteiger partial charge in [0.15, 0.2) is 0 Å². The summed E-state index contributed by atoms with van der Waals surface area (Å²) in [7, 11) is 3.23. The molecule has 0 bridgehead atoms. The summed E-state index contributed by atoms with van der Waals surface area (Å²) in [6.07, 6.45) is 1.73. The molecule has 0 atom stereocenters. The first-order chi connectivity index (χ1) is 15.0. The lowest BCUT2D eigenvalue weighted by molar-refractivity contribution is 0.0999.